The number of benzene rings is 3. The van der Waals surface area contributed by atoms with Gasteiger partial charge in [0.15, 0.2) is 0 Å². The molecule has 0 saturated carbocycles. The number of carbonyl (C=O) groups excluding carboxylic acids is 2. The molecule has 1 atom stereocenters. The lowest BCUT2D eigenvalue weighted by molar-refractivity contribution is -0.132. The number of anilines is 1. The topological polar surface area (TPSA) is 57.6 Å². The van der Waals surface area contributed by atoms with E-state index in [1.54, 1.807) is 54.6 Å². The van der Waals surface area contributed by atoms with Gasteiger partial charge in [-0.1, -0.05) is 60.1 Å². The molecule has 1 heterocycles. The lowest BCUT2D eigenvalue weighted by Crippen LogP contribution is -2.29. The highest BCUT2D eigenvalue weighted by molar-refractivity contribution is 6.52. The van der Waals surface area contributed by atoms with Crippen LogP contribution in [0.25, 0.3) is 5.76 Å². The van der Waals surface area contributed by atoms with Crippen LogP contribution in [0.2, 0.25) is 5.02 Å². The Balaban J connectivity index is 1.97. The molecule has 3 aromatic rings. The number of aliphatic hydroxyl groups is 1. The maximum absolute atomic E-state index is 13.4. The van der Waals surface area contributed by atoms with Gasteiger partial charge in [-0.2, -0.15) is 0 Å². The second-order valence-corrected chi connectivity index (χ2v) is 6.94. The van der Waals surface area contributed by atoms with Gasteiger partial charge >= 0.3 is 0 Å². The summed E-state index contributed by atoms with van der Waals surface area (Å²) >= 11 is 6.38. The largest absolute Gasteiger partial charge is 0.507 e. The predicted octanol–water partition coefficient (Wildman–Crippen LogP) is 5.11. The number of hydrogen-bond donors (Lipinski definition) is 1. The highest BCUT2D eigenvalue weighted by Gasteiger charge is 2.47. The summed E-state index contributed by atoms with van der Waals surface area (Å²) in [5.41, 5.74) is 1.14. The minimum atomic E-state index is -0.950. The Morgan fingerprint density at radius 2 is 1.52 bits per heavy atom. The molecule has 1 fully saturated rings. The second-order valence-electron chi connectivity index (χ2n) is 6.53. The predicted molar refractivity (Wildman–Crippen MR) is 109 cm³/mol. The van der Waals surface area contributed by atoms with E-state index in [2.05, 4.69) is 0 Å². The molecule has 1 unspecified atom stereocenters. The number of halogens is 2. The highest BCUT2D eigenvalue weighted by atomic mass is 35.5. The summed E-state index contributed by atoms with van der Waals surface area (Å²) in [6.45, 7) is 0. The molecule has 144 valence electrons. The fourth-order valence-corrected chi connectivity index (χ4v) is 3.68. The monoisotopic (exact) mass is 407 g/mol. The number of carbonyl (C=O) groups is 2. The molecule has 1 aliphatic rings. The van der Waals surface area contributed by atoms with Crippen LogP contribution in [-0.2, 0) is 9.59 Å². The van der Waals surface area contributed by atoms with Crippen LogP contribution in [0.15, 0.2) is 84.4 Å². The molecule has 4 nitrogen and oxygen atoms in total. The van der Waals surface area contributed by atoms with Crippen LogP contribution in [0.1, 0.15) is 17.2 Å². The minimum absolute atomic E-state index is 0.0707. The van der Waals surface area contributed by atoms with Crippen molar-refractivity contribution in [1.29, 1.82) is 0 Å². The smallest absolute Gasteiger partial charge is 0.300 e. The number of aliphatic hydroxyl groups excluding tert-OH is 1. The fraction of sp³-hybridized carbons (Fsp3) is 0.0435. The van der Waals surface area contributed by atoms with Crippen LogP contribution in [0.3, 0.4) is 0 Å². The molecule has 6 heteroatoms. The first kappa shape index (κ1) is 18.9. The van der Waals surface area contributed by atoms with Crippen LogP contribution in [0.5, 0.6) is 0 Å². The standard InChI is InChI=1S/C23H15ClFNO3/c24-18-9-5-4-8-17(18)20-19(21(27)14-6-2-1-3-7-14)22(28)23(29)26(20)16-12-10-15(25)11-13-16/h1-13,20,27H/b21-19-. The van der Waals surface area contributed by atoms with E-state index in [9.17, 15) is 19.1 Å². The van der Waals surface area contributed by atoms with Gasteiger partial charge in [0, 0.05) is 16.3 Å². The van der Waals surface area contributed by atoms with Crippen molar-refractivity contribution in [3.05, 3.63) is 106 Å². The summed E-state index contributed by atoms with van der Waals surface area (Å²) < 4.78 is 13.4. The maximum atomic E-state index is 13.4. The zero-order valence-corrected chi connectivity index (χ0v) is 15.8. The molecular weight excluding hydrogens is 393 g/mol. The van der Waals surface area contributed by atoms with Gasteiger partial charge < -0.3 is 5.11 Å². The number of ketones is 1. The van der Waals surface area contributed by atoms with Gasteiger partial charge in [-0.05, 0) is 35.9 Å². The van der Waals surface area contributed by atoms with Gasteiger partial charge in [0.1, 0.15) is 11.6 Å². The van der Waals surface area contributed by atoms with Crippen molar-refractivity contribution in [3.63, 3.8) is 0 Å². The molecule has 0 radical (unpaired) electrons. The second kappa shape index (κ2) is 7.53. The van der Waals surface area contributed by atoms with Gasteiger partial charge in [-0.3, -0.25) is 14.5 Å². The van der Waals surface area contributed by atoms with E-state index in [1.807, 2.05) is 0 Å². The SMILES string of the molecule is O=C1C(=O)N(c2ccc(F)cc2)C(c2ccccc2Cl)/C1=C(/O)c1ccccc1. The van der Waals surface area contributed by atoms with E-state index < -0.39 is 23.5 Å². The third-order valence-electron chi connectivity index (χ3n) is 4.80. The number of nitrogens with zero attached hydrogens (tertiary/aromatic N) is 1. The average Bonchev–Trinajstić information content (AvgIpc) is 3.00. The Labute approximate surface area is 171 Å². The summed E-state index contributed by atoms with van der Waals surface area (Å²) in [6, 6.07) is 19.6. The van der Waals surface area contributed by atoms with Crippen molar-refractivity contribution in [2.45, 2.75) is 6.04 Å². The van der Waals surface area contributed by atoms with Gasteiger partial charge in [-0.15, -0.1) is 0 Å². The Hall–Kier alpha value is -3.44. The normalized spacial score (nSPS) is 18.3. The molecule has 1 amide bonds. The zero-order chi connectivity index (χ0) is 20.5. The molecule has 1 N–H and O–H groups in total. The van der Waals surface area contributed by atoms with E-state index in [0.29, 0.717) is 21.8 Å². The molecule has 0 spiro atoms. The van der Waals surface area contributed by atoms with Crippen LogP contribution in [-0.4, -0.2) is 16.8 Å². The van der Waals surface area contributed by atoms with Crippen molar-refractivity contribution in [3.8, 4) is 0 Å². The Kier molecular flexibility index (Phi) is 4.91. The molecule has 1 aliphatic heterocycles. The lowest BCUT2D eigenvalue weighted by atomic mass is 9.95. The molecule has 0 aromatic heterocycles. The fourth-order valence-electron chi connectivity index (χ4n) is 3.44. The molecule has 1 saturated heterocycles. The number of rotatable bonds is 3. The van der Waals surface area contributed by atoms with Crippen LogP contribution in [0.4, 0.5) is 10.1 Å². The number of Topliss-reactive ketones (excluding diaryl/α,β-unsaturated/α-hetero) is 1. The summed E-state index contributed by atoms with van der Waals surface area (Å²) in [6.07, 6.45) is 0. The molecular formula is C23H15ClFNO3. The first-order valence-corrected chi connectivity index (χ1v) is 9.23. The zero-order valence-electron chi connectivity index (χ0n) is 15.0. The molecule has 29 heavy (non-hydrogen) atoms. The van der Waals surface area contributed by atoms with Crippen molar-refractivity contribution in [2.75, 3.05) is 4.90 Å². The van der Waals surface area contributed by atoms with E-state index in [4.69, 9.17) is 11.6 Å². The molecule has 4 rings (SSSR count). The van der Waals surface area contributed by atoms with Gasteiger partial charge in [0.05, 0.1) is 11.6 Å². The van der Waals surface area contributed by atoms with Crippen molar-refractivity contribution >= 4 is 34.7 Å². The summed E-state index contributed by atoms with van der Waals surface area (Å²) in [4.78, 5) is 27.1. The van der Waals surface area contributed by atoms with Crippen molar-refractivity contribution in [2.24, 2.45) is 0 Å². The summed E-state index contributed by atoms with van der Waals surface area (Å²) in [5.74, 6) is -2.41. The average molecular weight is 408 g/mol. The van der Waals surface area contributed by atoms with E-state index >= 15 is 0 Å². The Bertz CT molecular complexity index is 1130. The van der Waals surface area contributed by atoms with E-state index in [0.717, 1.165) is 0 Å². The van der Waals surface area contributed by atoms with Crippen LogP contribution >= 0.6 is 11.6 Å². The maximum Gasteiger partial charge on any atom is 0.300 e. The van der Waals surface area contributed by atoms with Crippen LogP contribution < -0.4 is 4.90 Å². The van der Waals surface area contributed by atoms with Crippen molar-refractivity contribution in [1.82, 2.24) is 0 Å². The third kappa shape index (κ3) is 3.30. The Morgan fingerprint density at radius 3 is 2.17 bits per heavy atom. The van der Waals surface area contributed by atoms with Gasteiger partial charge in [-0.25, -0.2) is 4.39 Å². The Morgan fingerprint density at radius 1 is 0.897 bits per heavy atom. The molecule has 0 bridgehead atoms. The third-order valence-corrected chi connectivity index (χ3v) is 5.14. The van der Waals surface area contributed by atoms with Gasteiger partial charge in [0.25, 0.3) is 11.7 Å². The number of amides is 1. The summed E-state index contributed by atoms with van der Waals surface area (Å²) in [5, 5.41) is 11.3. The van der Waals surface area contributed by atoms with Crippen LogP contribution in [0, 0.1) is 5.82 Å². The quantitative estimate of drug-likeness (QED) is 0.373. The van der Waals surface area contributed by atoms with Crippen molar-refractivity contribution < 1.29 is 19.1 Å². The number of hydrogen-bond acceptors (Lipinski definition) is 3. The van der Waals surface area contributed by atoms with E-state index in [-0.39, 0.29) is 11.3 Å². The minimum Gasteiger partial charge on any atom is -0.507 e. The highest BCUT2D eigenvalue weighted by Crippen LogP contribution is 2.44. The van der Waals surface area contributed by atoms with Gasteiger partial charge in [0.2, 0.25) is 0 Å². The molecule has 3 aromatic carbocycles. The molecule has 0 aliphatic carbocycles. The first-order valence-electron chi connectivity index (χ1n) is 8.85. The van der Waals surface area contributed by atoms with E-state index in [1.165, 1.54) is 29.2 Å². The first-order chi connectivity index (χ1) is 14.0. The summed E-state index contributed by atoms with van der Waals surface area (Å²) in [7, 11) is 0. The lowest BCUT2D eigenvalue weighted by Gasteiger charge is -2.26.